The summed E-state index contributed by atoms with van der Waals surface area (Å²) in [4.78, 5) is 15.1. The van der Waals surface area contributed by atoms with Gasteiger partial charge in [0.1, 0.15) is 0 Å². The zero-order chi connectivity index (χ0) is 12.0. The first kappa shape index (κ1) is 13.0. The van der Waals surface area contributed by atoms with Gasteiger partial charge in [0.2, 0.25) is 5.95 Å². The molecular formula is C11H15FN2OS. The maximum Gasteiger partial charge on any atom is 0.251 e. The lowest BCUT2D eigenvalue weighted by Gasteiger charge is -2.12. The third kappa shape index (κ3) is 4.18. The predicted molar refractivity (Wildman–Crippen MR) is 64.1 cm³/mol. The molecule has 0 aliphatic rings. The lowest BCUT2D eigenvalue weighted by atomic mass is 10.2. The van der Waals surface area contributed by atoms with E-state index in [9.17, 15) is 9.18 Å². The van der Waals surface area contributed by atoms with Crippen LogP contribution in [0.4, 0.5) is 4.39 Å². The number of amides is 1. The minimum atomic E-state index is -0.635. The van der Waals surface area contributed by atoms with Crippen LogP contribution >= 0.6 is 11.8 Å². The van der Waals surface area contributed by atoms with Gasteiger partial charge in [-0.1, -0.05) is 0 Å². The lowest BCUT2D eigenvalue weighted by Crippen LogP contribution is -2.33. The van der Waals surface area contributed by atoms with Crippen LogP contribution in [0.5, 0.6) is 0 Å². The number of hydrogen-bond donors (Lipinski definition) is 1. The highest BCUT2D eigenvalue weighted by Gasteiger charge is 2.10. The van der Waals surface area contributed by atoms with Crippen molar-refractivity contribution in [2.75, 3.05) is 12.0 Å². The summed E-state index contributed by atoms with van der Waals surface area (Å²) in [6.07, 6.45) is 4.21. The fourth-order valence-electron chi connectivity index (χ4n) is 1.22. The molecule has 0 aromatic carbocycles. The molecule has 1 rings (SSSR count). The maximum atomic E-state index is 12.8. The Bertz CT molecular complexity index is 360. The summed E-state index contributed by atoms with van der Waals surface area (Å²) in [6.45, 7) is 1.94. The zero-order valence-electron chi connectivity index (χ0n) is 9.37. The number of aromatic nitrogens is 1. The van der Waals surface area contributed by atoms with Crippen LogP contribution in [0.1, 0.15) is 23.7 Å². The first-order valence-electron chi connectivity index (χ1n) is 5.05. The topological polar surface area (TPSA) is 42.0 Å². The quantitative estimate of drug-likeness (QED) is 0.804. The van der Waals surface area contributed by atoms with Gasteiger partial charge in [-0.2, -0.15) is 16.2 Å². The molecule has 1 aromatic heterocycles. The molecule has 0 spiro atoms. The predicted octanol–water partition coefficient (Wildman–Crippen LogP) is 2.09. The van der Waals surface area contributed by atoms with E-state index in [1.54, 1.807) is 11.8 Å². The Morgan fingerprint density at radius 1 is 1.69 bits per heavy atom. The summed E-state index contributed by atoms with van der Waals surface area (Å²) < 4.78 is 12.8. The molecule has 1 aromatic rings. The molecule has 0 bridgehead atoms. The van der Waals surface area contributed by atoms with Crippen LogP contribution in [0.2, 0.25) is 0 Å². The van der Waals surface area contributed by atoms with Gasteiger partial charge in [-0.15, -0.1) is 0 Å². The molecule has 5 heteroatoms. The van der Waals surface area contributed by atoms with Gasteiger partial charge >= 0.3 is 0 Å². The summed E-state index contributed by atoms with van der Waals surface area (Å²) in [6, 6.07) is 2.73. The van der Waals surface area contributed by atoms with Crippen LogP contribution in [0.15, 0.2) is 18.3 Å². The molecule has 16 heavy (non-hydrogen) atoms. The second kappa shape index (κ2) is 6.48. The Hall–Kier alpha value is -1.10. The molecule has 0 saturated heterocycles. The van der Waals surface area contributed by atoms with E-state index in [-0.39, 0.29) is 11.9 Å². The van der Waals surface area contributed by atoms with Gasteiger partial charge in [0.05, 0.1) is 0 Å². The van der Waals surface area contributed by atoms with Crippen LogP contribution in [0.25, 0.3) is 0 Å². The second-order valence-electron chi connectivity index (χ2n) is 3.52. The Labute approximate surface area is 98.8 Å². The molecule has 3 nitrogen and oxygen atoms in total. The van der Waals surface area contributed by atoms with Crippen LogP contribution in [0.3, 0.4) is 0 Å². The molecule has 1 atom stereocenters. The van der Waals surface area contributed by atoms with E-state index in [1.807, 2.05) is 13.2 Å². The largest absolute Gasteiger partial charge is 0.350 e. The number of hydrogen-bond acceptors (Lipinski definition) is 3. The summed E-state index contributed by atoms with van der Waals surface area (Å²) in [5.74, 6) is 0.103. The van der Waals surface area contributed by atoms with Crippen molar-refractivity contribution in [3.05, 3.63) is 29.8 Å². The molecule has 0 radical (unpaired) electrons. The fraction of sp³-hybridized carbons (Fsp3) is 0.455. The van der Waals surface area contributed by atoms with Crippen molar-refractivity contribution in [2.24, 2.45) is 0 Å². The maximum absolute atomic E-state index is 12.8. The molecule has 0 aliphatic heterocycles. The minimum absolute atomic E-state index is 0.0937. The molecule has 88 valence electrons. The van der Waals surface area contributed by atoms with Gasteiger partial charge in [-0.25, -0.2) is 4.98 Å². The van der Waals surface area contributed by atoms with E-state index in [4.69, 9.17) is 0 Å². The number of carbonyl (C=O) groups is 1. The summed E-state index contributed by atoms with van der Waals surface area (Å²) >= 11 is 1.73. The molecule has 1 amide bonds. The standard InChI is InChI=1S/C11H15FN2OS/c1-8(4-6-16-2)14-11(15)9-3-5-13-10(12)7-9/h3,5,7-8H,4,6H2,1-2H3,(H,14,15). The smallest absolute Gasteiger partial charge is 0.251 e. The molecule has 1 N–H and O–H groups in total. The van der Waals surface area contributed by atoms with Crippen LogP contribution in [-0.4, -0.2) is 28.9 Å². The number of nitrogens with one attached hydrogen (secondary N) is 1. The van der Waals surface area contributed by atoms with Crippen molar-refractivity contribution in [1.29, 1.82) is 0 Å². The first-order valence-corrected chi connectivity index (χ1v) is 6.44. The average molecular weight is 242 g/mol. The molecule has 1 unspecified atom stereocenters. The van der Waals surface area contributed by atoms with E-state index in [1.165, 1.54) is 12.3 Å². The first-order chi connectivity index (χ1) is 7.63. The Morgan fingerprint density at radius 2 is 2.44 bits per heavy atom. The lowest BCUT2D eigenvalue weighted by molar-refractivity contribution is 0.0939. The average Bonchev–Trinajstić information content (AvgIpc) is 2.26. The van der Waals surface area contributed by atoms with Crippen LogP contribution in [-0.2, 0) is 0 Å². The van der Waals surface area contributed by atoms with Gasteiger partial charge in [0.25, 0.3) is 5.91 Å². The van der Waals surface area contributed by atoms with Crippen molar-refractivity contribution in [2.45, 2.75) is 19.4 Å². The van der Waals surface area contributed by atoms with E-state index >= 15 is 0 Å². The third-order valence-corrected chi connectivity index (χ3v) is 2.77. The van der Waals surface area contributed by atoms with Crippen molar-refractivity contribution < 1.29 is 9.18 Å². The van der Waals surface area contributed by atoms with Gasteiger partial charge in [0.15, 0.2) is 0 Å². The molecule has 0 fully saturated rings. The number of nitrogens with zero attached hydrogens (tertiary/aromatic N) is 1. The van der Waals surface area contributed by atoms with E-state index in [0.717, 1.165) is 18.2 Å². The van der Waals surface area contributed by atoms with Gasteiger partial charge < -0.3 is 5.32 Å². The van der Waals surface area contributed by atoms with Crippen molar-refractivity contribution in [3.8, 4) is 0 Å². The zero-order valence-corrected chi connectivity index (χ0v) is 10.2. The number of rotatable bonds is 5. The normalized spacial score (nSPS) is 12.2. The number of carbonyl (C=O) groups excluding carboxylic acids is 1. The third-order valence-electron chi connectivity index (χ3n) is 2.12. The fourth-order valence-corrected chi connectivity index (χ4v) is 1.81. The monoisotopic (exact) mass is 242 g/mol. The van der Waals surface area contributed by atoms with E-state index in [0.29, 0.717) is 5.56 Å². The second-order valence-corrected chi connectivity index (χ2v) is 4.51. The van der Waals surface area contributed by atoms with Crippen LogP contribution < -0.4 is 5.32 Å². The van der Waals surface area contributed by atoms with Gasteiger partial charge in [-0.05, 0) is 31.4 Å². The van der Waals surface area contributed by atoms with Crippen molar-refractivity contribution in [3.63, 3.8) is 0 Å². The van der Waals surface area contributed by atoms with Gasteiger partial charge in [0, 0.05) is 23.9 Å². The van der Waals surface area contributed by atoms with Crippen molar-refractivity contribution in [1.82, 2.24) is 10.3 Å². The molecule has 1 heterocycles. The van der Waals surface area contributed by atoms with E-state index < -0.39 is 5.95 Å². The molecule has 0 saturated carbocycles. The molecular weight excluding hydrogens is 227 g/mol. The Kier molecular flexibility index (Phi) is 5.25. The summed E-state index contributed by atoms with van der Waals surface area (Å²) in [7, 11) is 0. The Morgan fingerprint density at radius 3 is 3.06 bits per heavy atom. The minimum Gasteiger partial charge on any atom is -0.350 e. The van der Waals surface area contributed by atoms with Gasteiger partial charge in [-0.3, -0.25) is 4.79 Å². The molecule has 0 aliphatic carbocycles. The number of halogens is 1. The highest BCUT2D eigenvalue weighted by Crippen LogP contribution is 2.03. The van der Waals surface area contributed by atoms with Crippen LogP contribution in [0, 0.1) is 5.95 Å². The summed E-state index contributed by atoms with van der Waals surface area (Å²) in [5, 5.41) is 2.81. The van der Waals surface area contributed by atoms with Crippen molar-refractivity contribution >= 4 is 17.7 Å². The Balaban J connectivity index is 2.52. The number of pyridine rings is 1. The SMILES string of the molecule is CSCCC(C)NC(=O)c1ccnc(F)c1. The number of thioether (sulfide) groups is 1. The van der Waals surface area contributed by atoms with E-state index in [2.05, 4.69) is 10.3 Å². The highest BCUT2D eigenvalue weighted by molar-refractivity contribution is 7.98. The highest BCUT2D eigenvalue weighted by atomic mass is 32.2. The summed E-state index contributed by atoms with van der Waals surface area (Å²) in [5.41, 5.74) is 0.309.